The van der Waals surface area contributed by atoms with Crippen molar-refractivity contribution >= 4 is 11.9 Å². The number of hydrogen-bond acceptors (Lipinski definition) is 3. The Morgan fingerprint density at radius 3 is 2.63 bits per heavy atom. The van der Waals surface area contributed by atoms with E-state index in [4.69, 9.17) is 5.11 Å². The molecule has 104 valence electrons. The Morgan fingerprint density at radius 2 is 2.11 bits per heavy atom. The van der Waals surface area contributed by atoms with Crippen molar-refractivity contribution in [2.45, 2.75) is 27.2 Å². The Hall–Kier alpha value is -1.91. The number of nitrogens with zero attached hydrogens (tertiary/aromatic N) is 1. The van der Waals surface area contributed by atoms with Gasteiger partial charge in [0, 0.05) is 18.4 Å². The van der Waals surface area contributed by atoms with Crippen molar-refractivity contribution in [2.24, 2.45) is 11.8 Å². The summed E-state index contributed by atoms with van der Waals surface area (Å²) in [5.74, 6) is -1.43. The lowest BCUT2D eigenvalue weighted by Gasteiger charge is -2.15. The highest BCUT2D eigenvalue weighted by Crippen LogP contribution is 2.11. The molecule has 5 heteroatoms. The molecule has 0 aromatic carbocycles. The van der Waals surface area contributed by atoms with Crippen LogP contribution in [-0.4, -0.2) is 28.5 Å². The van der Waals surface area contributed by atoms with Crippen molar-refractivity contribution in [1.82, 2.24) is 10.3 Å². The molecule has 1 heterocycles. The monoisotopic (exact) mass is 264 g/mol. The van der Waals surface area contributed by atoms with E-state index >= 15 is 0 Å². The van der Waals surface area contributed by atoms with Gasteiger partial charge in [-0.25, -0.2) is 0 Å². The van der Waals surface area contributed by atoms with Crippen molar-refractivity contribution in [3.05, 3.63) is 29.6 Å². The third-order valence-electron chi connectivity index (χ3n) is 2.87. The van der Waals surface area contributed by atoms with Gasteiger partial charge in [-0.15, -0.1) is 0 Å². The maximum Gasteiger partial charge on any atom is 0.308 e. The SMILES string of the molecule is Cc1ncccc1C(=O)NCC(CC(C)C)C(=O)O. The van der Waals surface area contributed by atoms with E-state index in [0.29, 0.717) is 17.7 Å². The van der Waals surface area contributed by atoms with Crippen LogP contribution in [0.3, 0.4) is 0 Å². The Morgan fingerprint density at radius 1 is 1.42 bits per heavy atom. The van der Waals surface area contributed by atoms with Crippen molar-refractivity contribution in [3.8, 4) is 0 Å². The summed E-state index contributed by atoms with van der Waals surface area (Å²) in [7, 11) is 0. The summed E-state index contributed by atoms with van der Waals surface area (Å²) < 4.78 is 0. The van der Waals surface area contributed by atoms with Gasteiger partial charge in [0.05, 0.1) is 11.5 Å². The molecule has 0 radical (unpaired) electrons. The van der Waals surface area contributed by atoms with Gasteiger partial charge < -0.3 is 10.4 Å². The quantitative estimate of drug-likeness (QED) is 0.822. The molecule has 0 spiro atoms. The van der Waals surface area contributed by atoms with E-state index in [2.05, 4.69) is 10.3 Å². The summed E-state index contributed by atoms with van der Waals surface area (Å²) >= 11 is 0. The molecule has 19 heavy (non-hydrogen) atoms. The van der Waals surface area contributed by atoms with Gasteiger partial charge in [0.2, 0.25) is 0 Å². The van der Waals surface area contributed by atoms with E-state index in [1.165, 1.54) is 0 Å². The zero-order valence-corrected chi connectivity index (χ0v) is 11.5. The molecule has 0 saturated carbocycles. The van der Waals surface area contributed by atoms with Gasteiger partial charge in [0.25, 0.3) is 5.91 Å². The minimum absolute atomic E-state index is 0.140. The molecular weight excluding hydrogens is 244 g/mol. The van der Waals surface area contributed by atoms with Crippen LogP contribution in [0.2, 0.25) is 0 Å². The number of nitrogens with one attached hydrogen (secondary N) is 1. The van der Waals surface area contributed by atoms with Crippen molar-refractivity contribution in [3.63, 3.8) is 0 Å². The van der Waals surface area contributed by atoms with E-state index in [9.17, 15) is 9.59 Å². The maximum atomic E-state index is 11.9. The highest BCUT2D eigenvalue weighted by Gasteiger charge is 2.20. The van der Waals surface area contributed by atoms with Crippen LogP contribution in [0.5, 0.6) is 0 Å². The van der Waals surface area contributed by atoms with Crippen LogP contribution < -0.4 is 5.32 Å². The molecule has 1 aromatic heterocycles. The molecule has 1 unspecified atom stereocenters. The van der Waals surface area contributed by atoms with Gasteiger partial charge in [-0.2, -0.15) is 0 Å². The predicted molar refractivity (Wildman–Crippen MR) is 71.9 cm³/mol. The first-order valence-electron chi connectivity index (χ1n) is 6.34. The minimum Gasteiger partial charge on any atom is -0.481 e. The molecule has 5 nitrogen and oxygen atoms in total. The summed E-state index contributed by atoms with van der Waals surface area (Å²) in [6, 6.07) is 3.36. The molecule has 0 aliphatic heterocycles. The molecule has 0 aliphatic carbocycles. The van der Waals surface area contributed by atoms with E-state index in [-0.39, 0.29) is 18.4 Å². The average molecular weight is 264 g/mol. The zero-order chi connectivity index (χ0) is 14.4. The first-order chi connectivity index (χ1) is 8.91. The minimum atomic E-state index is -0.878. The molecular formula is C14H20N2O3. The number of hydrogen-bond donors (Lipinski definition) is 2. The molecule has 0 bridgehead atoms. The van der Waals surface area contributed by atoms with E-state index in [1.807, 2.05) is 13.8 Å². The van der Waals surface area contributed by atoms with Crippen LogP contribution in [0, 0.1) is 18.8 Å². The van der Waals surface area contributed by atoms with Crippen molar-refractivity contribution in [2.75, 3.05) is 6.54 Å². The van der Waals surface area contributed by atoms with Crippen LogP contribution in [0.1, 0.15) is 36.3 Å². The second kappa shape index (κ2) is 6.87. The van der Waals surface area contributed by atoms with Crippen LogP contribution >= 0.6 is 0 Å². The number of carbonyl (C=O) groups is 2. The summed E-state index contributed by atoms with van der Waals surface area (Å²) in [5.41, 5.74) is 1.12. The zero-order valence-electron chi connectivity index (χ0n) is 11.5. The highest BCUT2D eigenvalue weighted by atomic mass is 16.4. The largest absolute Gasteiger partial charge is 0.481 e. The van der Waals surface area contributed by atoms with Crippen LogP contribution in [0.15, 0.2) is 18.3 Å². The van der Waals surface area contributed by atoms with Crippen LogP contribution in [0.4, 0.5) is 0 Å². The van der Waals surface area contributed by atoms with Crippen molar-refractivity contribution in [1.29, 1.82) is 0 Å². The highest BCUT2D eigenvalue weighted by molar-refractivity contribution is 5.95. The number of amides is 1. The number of aromatic nitrogens is 1. The lowest BCUT2D eigenvalue weighted by atomic mass is 9.97. The topological polar surface area (TPSA) is 79.3 Å². The number of rotatable bonds is 6. The number of carboxylic acids is 1. The van der Waals surface area contributed by atoms with E-state index in [0.717, 1.165) is 0 Å². The van der Waals surface area contributed by atoms with E-state index < -0.39 is 11.9 Å². The fourth-order valence-electron chi connectivity index (χ4n) is 1.88. The van der Waals surface area contributed by atoms with Crippen LogP contribution in [-0.2, 0) is 4.79 Å². The second-order valence-corrected chi connectivity index (χ2v) is 5.01. The third kappa shape index (κ3) is 4.69. The first-order valence-corrected chi connectivity index (χ1v) is 6.34. The lowest BCUT2D eigenvalue weighted by molar-refractivity contribution is -0.142. The number of pyridine rings is 1. The Balaban J connectivity index is 2.62. The van der Waals surface area contributed by atoms with Gasteiger partial charge in [-0.3, -0.25) is 14.6 Å². The fourth-order valence-corrected chi connectivity index (χ4v) is 1.88. The summed E-state index contributed by atoms with van der Waals surface area (Å²) in [5, 5.41) is 11.8. The molecule has 2 N–H and O–H groups in total. The maximum absolute atomic E-state index is 11.9. The lowest BCUT2D eigenvalue weighted by Crippen LogP contribution is -2.34. The Bertz CT molecular complexity index is 458. The molecule has 1 aromatic rings. The first kappa shape index (κ1) is 15.1. The Kier molecular flexibility index (Phi) is 5.48. The van der Waals surface area contributed by atoms with Crippen LogP contribution in [0.25, 0.3) is 0 Å². The normalized spacial score (nSPS) is 12.2. The van der Waals surface area contributed by atoms with Gasteiger partial charge in [-0.1, -0.05) is 13.8 Å². The third-order valence-corrected chi connectivity index (χ3v) is 2.87. The van der Waals surface area contributed by atoms with Gasteiger partial charge in [-0.05, 0) is 31.4 Å². The second-order valence-electron chi connectivity index (χ2n) is 5.01. The number of aliphatic carboxylic acids is 1. The number of aryl methyl sites for hydroxylation is 1. The number of carboxylic acid groups (broad SMARTS) is 1. The summed E-state index contributed by atoms with van der Waals surface area (Å²) in [6.07, 6.45) is 2.16. The smallest absolute Gasteiger partial charge is 0.308 e. The van der Waals surface area contributed by atoms with Gasteiger partial charge >= 0.3 is 5.97 Å². The standard InChI is InChI=1S/C14H20N2O3/c1-9(2)7-11(14(18)19)8-16-13(17)12-5-4-6-15-10(12)3/h4-6,9,11H,7-8H2,1-3H3,(H,16,17)(H,18,19). The average Bonchev–Trinajstić information content (AvgIpc) is 2.34. The molecule has 0 fully saturated rings. The van der Waals surface area contributed by atoms with E-state index in [1.54, 1.807) is 25.3 Å². The molecule has 1 atom stereocenters. The fraction of sp³-hybridized carbons (Fsp3) is 0.500. The molecule has 0 aliphatic rings. The molecule has 0 saturated heterocycles. The summed E-state index contributed by atoms with van der Waals surface area (Å²) in [4.78, 5) is 27.1. The summed E-state index contributed by atoms with van der Waals surface area (Å²) in [6.45, 7) is 5.81. The van der Waals surface area contributed by atoms with Gasteiger partial charge in [0.1, 0.15) is 0 Å². The van der Waals surface area contributed by atoms with Crippen molar-refractivity contribution < 1.29 is 14.7 Å². The predicted octanol–water partition coefficient (Wildman–Crippen LogP) is 1.87. The molecule has 1 amide bonds. The Labute approximate surface area is 113 Å². The van der Waals surface area contributed by atoms with Gasteiger partial charge in [0.15, 0.2) is 0 Å². The number of carbonyl (C=O) groups excluding carboxylic acids is 1. The molecule has 1 rings (SSSR count).